The van der Waals surface area contributed by atoms with Gasteiger partial charge in [0.25, 0.3) is 0 Å². The summed E-state index contributed by atoms with van der Waals surface area (Å²) < 4.78 is 32.5. The lowest BCUT2D eigenvalue weighted by Gasteiger charge is -2.26. The van der Waals surface area contributed by atoms with E-state index >= 15 is 0 Å². The van der Waals surface area contributed by atoms with Gasteiger partial charge >= 0.3 is 5.97 Å². The molecule has 0 unspecified atom stereocenters. The standard InChI is InChI=1S/C15H24N2O5S/c1-5-16(6-2)12-7-8-17(9-12)23(20,21)14-11(4)22-10(3)13(14)15(18)19/h12H,5-9H2,1-4H3,(H,18,19)/t12-/m1/s1. The van der Waals surface area contributed by atoms with E-state index < -0.39 is 16.0 Å². The van der Waals surface area contributed by atoms with Crippen LogP contribution in [0.4, 0.5) is 0 Å². The number of sulfonamides is 1. The highest BCUT2D eigenvalue weighted by molar-refractivity contribution is 7.89. The Morgan fingerprint density at radius 2 is 1.91 bits per heavy atom. The Hall–Kier alpha value is -1.38. The van der Waals surface area contributed by atoms with Gasteiger partial charge in [0.1, 0.15) is 22.0 Å². The molecule has 1 atom stereocenters. The first kappa shape index (κ1) is 18.0. The van der Waals surface area contributed by atoms with Crippen molar-refractivity contribution in [2.45, 2.75) is 45.1 Å². The Morgan fingerprint density at radius 1 is 1.30 bits per heavy atom. The molecular weight excluding hydrogens is 320 g/mol. The van der Waals surface area contributed by atoms with E-state index in [0.717, 1.165) is 19.5 Å². The third-order valence-electron chi connectivity index (χ3n) is 4.47. The first-order valence-electron chi connectivity index (χ1n) is 7.81. The van der Waals surface area contributed by atoms with Crippen molar-refractivity contribution in [3.63, 3.8) is 0 Å². The van der Waals surface area contributed by atoms with Gasteiger partial charge in [-0.2, -0.15) is 4.31 Å². The predicted octanol–water partition coefficient (Wildman–Crippen LogP) is 1.70. The van der Waals surface area contributed by atoms with Crippen LogP contribution in [-0.4, -0.2) is 60.9 Å². The summed E-state index contributed by atoms with van der Waals surface area (Å²) in [5.74, 6) is -1.03. The summed E-state index contributed by atoms with van der Waals surface area (Å²) in [6.07, 6.45) is 0.749. The first-order valence-corrected chi connectivity index (χ1v) is 9.25. The van der Waals surface area contributed by atoms with E-state index in [1.54, 1.807) is 0 Å². The molecule has 1 saturated heterocycles. The fourth-order valence-electron chi connectivity index (χ4n) is 3.32. The minimum absolute atomic E-state index is 0.119. The maximum Gasteiger partial charge on any atom is 0.340 e. The third kappa shape index (κ3) is 3.15. The summed E-state index contributed by atoms with van der Waals surface area (Å²) in [5.41, 5.74) is -0.256. The van der Waals surface area contributed by atoms with E-state index in [0.29, 0.717) is 13.1 Å². The molecule has 0 aliphatic carbocycles. The van der Waals surface area contributed by atoms with Crippen LogP contribution in [0.2, 0.25) is 0 Å². The lowest BCUT2D eigenvalue weighted by Crippen LogP contribution is -2.38. The molecule has 2 heterocycles. The number of nitrogens with zero attached hydrogens (tertiary/aromatic N) is 2. The van der Waals surface area contributed by atoms with E-state index in [1.807, 2.05) is 13.8 Å². The Kier molecular flexibility index (Phi) is 5.17. The van der Waals surface area contributed by atoms with Crippen LogP contribution >= 0.6 is 0 Å². The number of carbonyl (C=O) groups is 1. The van der Waals surface area contributed by atoms with Gasteiger partial charge in [-0.15, -0.1) is 0 Å². The van der Waals surface area contributed by atoms with Crippen molar-refractivity contribution in [2.75, 3.05) is 26.2 Å². The molecular formula is C15H24N2O5S. The highest BCUT2D eigenvalue weighted by Gasteiger charge is 2.39. The van der Waals surface area contributed by atoms with Crippen LogP contribution in [0.3, 0.4) is 0 Å². The summed E-state index contributed by atoms with van der Waals surface area (Å²) in [5, 5.41) is 9.33. The lowest BCUT2D eigenvalue weighted by molar-refractivity contribution is 0.0691. The molecule has 1 aromatic heterocycles. The van der Waals surface area contributed by atoms with Crippen LogP contribution in [0.1, 0.15) is 42.1 Å². The zero-order valence-electron chi connectivity index (χ0n) is 14.0. The predicted molar refractivity (Wildman–Crippen MR) is 85.2 cm³/mol. The SMILES string of the molecule is CCN(CC)[C@@H]1CCN(S(=O)(=O)c2c(C)oc(C)c2C(=O)O)C1. The van der Waals surface area contributed by atoms with Gasteiger partial charge in [-0.25, -0.2) is 13.2 Å². The summed E-state index contributed by atoms with van der Waals surface area (Å²) in [6.45, 7) is 9.56. The van der Waals surface area contributed by atoms with Gasteiger partial charge in [0.15, 0.2) is 0 Å². The Labute approximate surface area is 136 Å². The topological polar surface area (TPSA) is 91.1 Å². The summed E-state index contributed by atoms with van der Waals surface area (Å²) in [6, 6.07) is 0.168. The van der Waals surface area contributed by atoms with Crippen LogP contribution in [-0.2, 0) is 10.0 Å². The van der Waals surface area contributed by atoms with Crippen LogP contribution in [0.25, 0.3) is 0 Å². The number of carboxylic acids is 1. The molecule has 0 saturated carbocycles. The second-order valence-electron chi connectivity index (χ2n) is 5.75. The zero-order chi connectivity index (χ0) is 17.4. The monoisotopic (exact) mass is 344 g/mol. The van der Waals surface area contributed by atoms with E-state index in [-0.39, 0.29) is 28.0 Å². The molecule has 0 radical (unpaired) electrons. The van der Waals surface area contributed by atoms with Crippen molar-refractivity contribution < 1.29 is 22.7 Å². The Bertz CT molecular complexity index is 691. The summed E-state index contributed by atoms with van der Waals surface area (Å²) >= 11 is 0. The average Bonchev–Trinajstić information content (AvgIpc) is 3.05. The molecule has 2 rings (SSSR count). The van der Waals surface area contributed by atoms with Crippen molar-refractivity contribution in [2.24, 2.45) is 0 Å². The maximum absolute atomic E-state index is 12.9. The summed E-state index contributed by atoms with van der Waals surface area (Å²) in [4.78, 5) is 13.4. The number of hydrogen-bond acceptors (Lipinski definition) is 5. The molecule has 0 amide bonds. The van der Waals surface area contributed by atoms with Gasteiger partial charge in [0, 0.05) is 19.1 Å². The van der Waals surface area contributed by atoms with Crippen LogP contribution in [0, 0.1) is 13.8 Å². The van der Waals surface area contributed by atoms with Gasteiger partial charge < -0.3 is 9.52 Å². The molecule has 0 bridgehead atoms. The summed E-state index contributed by atoms with van der Waals surface area (Å²) in [7, 11) is -3.88. The van der Waals surface area contributed by atoms with Gasteiger partial charge in [-0.1, -0.05) is 13.8 Å². The van der Waals surface area contributed by atoms with Crippen molar-refractivity contribution >= 4 is 16.0 Å². The van der Waals surface area contributed by atoms with Crippen molar-refractivity contribution in [1.82, 2.24) is 9.21 Å². The van der Waals surface area contributed by atoms with Crippen LogP contribution in [0.15, 0.2) is 9.31 Å². The number of furan rings is 1. The molecule has 7 nitrogen and oxygen atoms in total. The quantitative estimate of drug-likeness (QED) is 0.844. The number of likely N-dealkylation sites (N-methyl/N-ethyl adjacent to an activating group) is 1. The van der Waals surface area contributed by atoms with Crippen molar-refractivity contribution in [3.05, 3.63) is 17.1 Å². The third-order valence-corrected chi connectivity index (χ3v) is 6.49. The second kappa shape index (κ2) is 6.62. The molecule has 130 valence electrons. The molecule has 1 fully saturated rings. The average molecular weight is 344 g/mol. The molecule has 1 aliphatic rings. The van der Waals surface area contributed by atoms with E-state index in [4.69, 9.17) is 4.42 Å². The molecule has 0 spiro atoms. The molecule has 0 aromatic carbocycles. The number of rotatable bonds is 6. The minimum Gasteiger partial charge on any atom is -0.478 e. The Balaban J connectivity index is 2.36. The van der Waals surface area contributed by atoms with E-state index in [2.05, 4.69) is 4.90 Å². The molecule has 23 heavy (non-hydrogen) atoms. The van der Waals surface area contributed by atoms with E-state index in [1.165, 1.54) is 18.2 Å². The minimum atomic E-state index is -3.88. The van der Waals surface area contributed by atoms with Gasteiger partial charge in [0.05, 0.1) is 0 Å². The second-order valence-corrected chi connectivity index (χ2v) is 7.63. The number of aryl methyl sites for hydroxylation is 2. The first-order chi connectivity index (χ1) is 10.7. The molecule has 1 aromatic rings. The number of aromatic carboxylic acids is 1. The largest absolute Gasteiger partial charge is 0.478 e. The van der Waals surface area contributed by atoms with Crippen LogP contribution < -0.4 is 0 Å². The zero-order valence-corrected chi connectivity index (χ0v) is 14.8. The number of hydrogen-bond donors (Lipinski definition) is 1. The highest BCUT2D eigenvalue weighted by atomic mass is 32.2. The molecule has 1 N–H and O–H groups in total. The van der Waals surface area contributed by atoms with E-state index in [9.17, 15) is 18.3 Å². The number of carboxylic acid groups (broad SMARTS) is 1. The fraction of sp³-hybridized carbons (Fsp3) is 0.667. The smallest absolute Gasteiger partial charge is 0.340 e. The van der Waals surface area contributed by atoms with Crippen molar-refractivity contribution in [3.8, 4) is 0 Å². The lowest BCUT2D eigenvalue weighted by atomic mass is 10.2. The fourth-order valence-corrected chi connectivity index (χ4v) is 5.18. The maximum atomic E-state index is 12.9. The van der Waals surface area contributed by atoms with Gasteiger partial charge in [-0.05, 0) is 33.4 Å². The molecule has 8 heteroatoms. The Morgan fingerprint density at radius 3 is 2.43 bits per heavy atom. The van der Waals surface area contributed by atoms with Gasteiger partial charge in [0.2, 0.25) is 10.0 Å². The van der Waals surface area contributed by atoms with Crippen molar-refractivity contribution in [1.29, 1.82) is 0 Å². The highest BCUT2D eigenvalue weighted by Crippen LogP contribution is 2.31. The normalized spacial score (nSPS) is 19.6. The van der Waals surface area contributed by atoms with Gasteiger partial charge in [-0.3, -0.25) is 4.90 Å². The molecule has 1 aliphatic heterocycles. The van der Waals surface area contributed by atoms with Crippen LogP contribution in [0.5, 0.6) is 0 Å².